The molecule has 0 saturated heterocycles. The van der Waals surface area contributed by atoms with Crippen LogP contribution in [0.4, 0.5) is 0 Å². The van der Waals surface area contributed by atoms with Crippen molar-refractivity contribution in [3.05, 3.63) is 23.8 Å². The van der Waals surface area contributed by atoms with Crippen LogP contribution in [0, 0.1) is 23.7 Å². The Morgan fingerprint density at radius 2 is 2.08 bits per heavy atom. The fourth-order valence-electron chi connectivity index (χ4n) is 3.28. The fourth-order valence-corrected chi connectivity index (χ4v) is 3.28. The van der Waals surface area contributed by atoms with Crippen molar-refractivity contribution in [1.82, 2.24) is 0 Å². The van der Waals surface area contributed by atoms with Gasteiger partial charge >= 0.3 is 0 Å². The number of hydrogen-bond acceptors (Lipinski definition) is 1. The Hall–Kier alpha value is -0.560. The number of allylic oxidation sites excluding steroid dienone is 3. The molecule has 0 unspecified atom stereocenters. The first-order chi connectivity index (χ1) is 5.77. The molecule has 3 aliphatic carbocycles. The highest BCUT2D eigenvalue weighted by Crippen LogP contribution is 2.54. The topological polar surface area (TPSA) is 20.2 Å². The highest BCUT2D eigenvalue weighted by atomic mass is 16.3. The Balaban J connectivity index is 2.01. The Bertz CT molecular complexity index is 277. The molecule has 1 N–H and O–H groups in total. The molecule has 3 rings (SSSR count). The van der Waals surface area contributed by atoms with E-state index in [4.69, 9.17) is 0 Å². The van der Waals surface area contributed by atoms with Crippen molar-refractivity contribution in [3.8, 4) is 0 Å². The van der Waals surface area contributed by atoms with E-state index in [9.17, 15) is 5.11 Å². The molecule has 1 saturated carbocycles. The van der Waals surface area contributed by atoms with Crippen molar-refractivity contribution in [2.24, 2.45) is 23.7 Å². The summed E-state index contributed by atoms with van der Waals surface area (Å²) in [4.78, 5) is 0. The van der Waals surface area contributed by atoms with Gasteiger partial charge in [-0.05, 0) is 36.7 Å². The predicted molar refractivity (Wildman–Crippen MR) is 47.5 cm³/mol. The van der Waals surface area contributed by atoms with Crippen LogP contribution in [0.5, 0.6) is 0 Å². The lowest BCUT2D eigenvalue weighted by atomic mass is 9.84. The quantitative estimate of drug-likeness (QED) is 0.538. The first-order valence-corrected chi connectivity index (χ1v) is 4.82. The molecule has 64 valence electrons. The maximum atomic E-state index is 9.89. The molecule has 0 aromatic carbocycles. The lowest BCUT2D eigenvalue weighted by Gasteiger charge is -2.23. The van der Waals surface area contributed by atoms with Gasteiger partial charge in [-0.3, -0.25) is 0 Å². The van der Waals surface area contributed by atoms with E-state index in [-0.39, 0.29) is 6.10 Å². The van der Waals surface area contributed by atoms with Gasteiger partial charge in [0.2, 0.25) is 0 Å². The highest BCUT2D eigenvalue weighted by Gasteiger charge is 2.49. The molecule has 0 aromatic rings. The Morgan fingerprint density at radius 3 is 2.83 bits per heavy atom. The fraction of sp³-hybridized carbons (Fsp3) is 0.636. The van der Waals surface area contributed by atoms with E-state index in [0.717, 1.165) is 5.92 Å². The minimum absolute atomic E-state index is 0.144. The molecule has 1 nitrogen and oxygen atoms in total. The molecule has 5 atom stereocenters. The highest BCUT2D eigenvalue weighted by molar-refractivity contribution is 5.29. The number of aliphatic hydroxyl groups excluding tert-OH is 1. The lowest BCUT2D eigenvalue weighted by Crippen LogP contribution is -2.25. The SMILES string of the molecule is CC1=C[C@H]2[C@H]([C@H]3C=C[C@@H]2C3)[C@H]1O. The van der Waals surface area contributed by atoms with Crippen LogP contribution in [0.15, 0.2) is 23.8 Å². The molecule has 12 heavy (non-hydrogen) atoms. The molecule has 0 aromatic heterocycles. The summed E-state index contributed by atoms with van der Waals surface area (Å²) in [5, 5.41) is 9.89. The van der Waals surface area contributed by atoms with Gasteiger partial charge in [0.1, 0.15) is 0 Å². The van der Waals surface area contributed by atoms with Crippen molar-refractivity contribution in [2.75, 3.05) is 0 Å². The normalized spacial score (nSPS) is 54.5. The zero-order valence-corrected chi connectivity index (χ0v) is 7.27. The van der Waals surface area contributed by atoms with Crippen LogP contribution in [0.25, 0.3) is 0 Å². The predicted octanol–water partition coefficient (Wildman–Crippen LogP) is 1.75. The van der Waals surface area contributed by atoms with Gasteiger partial charge in [-0.25, -0.2) is 0 Å². The molecule has 3 aliphatic rings. The summed E-state index contributed by atoms with van der Waals surface area (Å²) in [6.45, 7) is 2.06. The van der Waals surface area contributed by atoms with Gasteiger partial charge in [-0.1, -0.05) is 18.2 Å². The second-order valence-corrected chi connectivity index (χ2v) is 4.46. The van der Waals surface area contributed by atoms with Crippen LogP contribution in [0.2, 0.25) is 0 Å². The molecular weight excluding hydrogens is 148 g/mol. The monoisotopic (exact) mass is 162 g/mol. The van der Waals surface area contributed by atoms with Gasteiger partial charge in [-0.15, -0.1) is 0 Å². The van der Waals surface area contributed by atoms with E-state index in [1.165, 1.54) is 12.0 Å². The van der Waals surface area contributed by atoms with Crippen LogP contribution >= 0.6 is 0 Å². The Kier molecular flexibility index (Phi) is 1.16. The average Bonchev–Trinajstić information content (AvgIpc) is 2.66. The van der Waals surface area contributed by atoms with E-state index in [1.807, 2.05) is 0 Å². The maximum Gasteiger partial charge on any atom is 0.0787 e. The number of rotatable bonds is 0. The first-order valence-electron chi connectivity index (χ1n) is 4.82. The summed E-state index contributed by atoms with van der Waals surface area (Å²) in [7, 11) is 0. The molecule has 1 heteroatoms. The number of aliphatic hydroxyl groups is 1. The third kappa shape index (κ3) is 0.639. The van der Waals surface area contributed by atoms with E-state index < -0.39 is 0 Å². The summed E-state index contributed by atoms with van der Waals surface area (Å²) in [5.41, 5.74) is 1.20. The van der Waals surface area contributed by atoms with Crippen LogP contribution in [0.1, 0.15) is 13.3 Å². The summed E-state index contributed by atoms with van der Waals surface area (Å²) < 4.78 is 0. The van der Waals surface area contributed by atoms with Crippen molar-refractivity contribution in [3.63, 3.8) is 0 Å². The van der Waals surface area contributed by atoms with Crippen LogP contribution in [-0.2, 0) is 0 Å². The minimum atomic E-state index is -0.144. The van der Waals surface area contributed by atoms with Crippen molar-refractivity contribution in [1.29, 1.82) is 0 Å². The molecule has 1 fully saturated rings. The third-order valence-corrected chi connectivity index (χ3v) is 3.87. The Labute approximate surface area is 72.8 Å². The smallest absolute Gasteiger partial charge is 0.0787 e. The second-order valence-electron chi connectivity index (χ2n) is 4.46. The van der Waals surface area contributed by atoms with Crippen LogP contribution < -0.4 is 0 Å². The second kappa shape index (κ2) is 2.02. The van der Waals surface area contributed by atoms with Gasteiger partial charge in [0.25, 0.3) is 0 Å². The maximum absolute atomic E-state index is 9.89. The summed E-state index contributed by atoms with van der Waals surface area (Å²) >= 11 is 0. The van der Waals surface area contributed by atoms with E-state index >= 15 is 0 Å². The minimum Gasteiger partial charge on any atom is -0.388 e. The number of fused-ring (bicyclic) bond motifs is 5. The van der Waals surface area contributed by atoms with Gasteiger partial charge < -0.3 is 5.11 Å². The zero-order chi connectivity index (χ0) is 8.29. The van der Waals surface area contributed by atoms with E-state index in [1.54, 1.807) is 0 Å². The van der Waals surface area contributed by atoms with Gasteiger partial charge in [0, 0.05) is 5.92 Å². The first kappa shape index (κ1) is 6.90. The standard InChI is InChI=1S/C11H14O/c1-6-4-9-7-2-3-8(5-7)10(9)11(6)12/h2-4,7-12H,5H2,1H3/t7-,8+,9-,10+,11+/m1/s1. The lowest BCUT2D eigenvalue weighted by molar-refractivity contribution is 0.124. The molecule has 2 bridgehead atoms. The van der Waals surface area contributed by atoms with Crippen molar-refractivity contribution >= 4 is 0 Å². The summed E-state index contributed by atoms with van der Waals surface area (Å²) in [5.74, 6) is 2.60. The number of hydrogen-bond donors (Lipinski definition) is 1. The molecule has 0 spiro atoms. The van der Waals surface area contributed by atoms with Gasteiger partial charge in [0.15, 0.2) is 0 Å². The van der Waals surface area contributed by atoms with Crippen LogP contribution in [0.3, 0.4) is 0 Å². The summed E-state index contributed by atoms with van der Waals surface area (Å²) in [6.07, 6.45) is 8.09. The van der Waals surface area contributed by atoms with Crippen molar-refractivity contribution < 1.29 is 5.11 Å². The average molecular weight is 162 g/mol. The Morgan fingerprint density at radius 1 is 1.33 bits per heavy atom. The van der Waals surface area contributed by atoms with Gasteiger partial charge in [0.05, 0.1) is 6.10 Å². The largest absolute Gasteiger partial charge is 0.388 e. The molecule has 0 radical (unpaired) electrons. The third-order valence-electron chi connectivity index (χ3n) is 3.87. The molecular formula is C11H14O. The molecule has 0 aliphatic heterocycles. The molecule has 0 heterocycles. The summed E-state index contributed by atoms with van der Waals surface area (Å²) in [6, 6.07) is 0. The van der Waals surface area contributed by atoms with Gasteiger partial charge in [-0.2, -0.15) is 0 Å². The van der Waals surface area contributed by atoms with E-state index in [0.29, 0.717) is 17.8 Å². The van der Waals surface area contributed by atoms with E-state index in [2.05, 4.69) is 25.2 Å². The molecule has 0 amide bonds. The van der Waals surface area contributed by atoms with Crippen molar-refractivity contribution in [2.45, 2.75) is 19.4 Å². The van der Waals surface area contributed by atoms with Crippen LogP contribution in [-0.4, -0.2) is 11.2 Å². The zero-order valence-electron chi connectivity index (χ0n) is 7.27.